The summed E-state index contributed by atoms with van der Waals surface area (Å²) in [6, 6.07) is 5.06. The number of amides is 1. The zero-order valence-electron chi connectivity index (χ0n) is 13.2. The molecule has 0 aliphatic carbocycles. The van der Waals surface area contributed by atoms with Gasteiger partial charge in [0.1, 0.15) is 11.9 Å². The van der Waals surface area contributed by atoms with Gasteiger partial charge >= 0.3 is 0 Å². The number of hydrogen-bond acceptors (Lipinski definition) is 3. The van der Waals surface area contributed by atoms with Crippen molar-refractivity contribution in [2.75, 3.05) is 26.7 Å². The van der Waals surface area contributed by atoms with Gasteiger partial charge in [-0.1, -0.05) is 17.7 Å². The molecular formula is C17H22ClFN2O2. The number of nitrogens with zero attached hydrogens (tertiary/aromatic N) is 1. The summed E-state index contributed by atoms with van der Waals surface area (Å²) in [7, 11) is 2.03. The van der Waals surface area contributed by atoms with Crippen LogP contribution in [-0.4, -0.2) is 43.7 Å². The predicted octanol–water partition coefficient (Wildman–Crippen LogP) is 2.77. The molecule has 2 aliphatic heterocycles. The Bertz CT molecular complexity index is 578. The molecule has 3 atom stereocenters. The van der Waals surface area contributed by atoms with Crippen molar-refractivity contribution >= 4 is 17.5 Å². The number of carbonyl (C=O) groups is 1. The molecular weight excluding hydrogens is 319 g/mol. The Labute approximate surface area is 140 Å². The molecule has 1 N–H and O–H groups in total. The van der Waals surface area contributed by atoms with E-state index in [2.05, 4.69) is 10.2 Å². The van der Waals surface area contributed by atoms with Gasteiger partial charge in [-0.2, -0.15) is 0 Å². The van der Waals surface area contributed by atoms with Crippen molar-refractivity contribution in [1.29, 1.82) is 0 Å². The molecule has 3 rings (SSSR count). The maximum Gasteiger partial charge on any atom is 0.249 e. The van der Waals surface area contributed by atoms with Crippen LogP contribution < -0.4 is 5.32 Å². The predicted molar refractivity (Wildman–Crippen MR) is 86.9 cm³/mol. The van der Waals surface area contributed by atoms with Gasteiger partial charge in [0.15, 0.2) is 0 Å². The minimum absolute atomic E-state index is 0.0295. The second-order valence-corrected chi connectivity index (χ2v) is 6.80. The number of rotatable bonds is 4. The Hall–Kier alpha value is -1.17. The Morgan fingerprint density at radius 3 is 3.00 bits per heavy atom. The third-order valence-corrected chi connectivity index (χ3v) is 5.13. The number of likely N-dealkylation sites (tertiary alicyclic amines) is 1. The quantitative estimate of drug-likeness (QED) is 0.916. The third kappa shape index (κ3) is 3.67. The first-order valence-electron chi connectivity index (χ1n) is 8.11. The summed E-state index contributed by atoms with van der Waals surface area (Å²) in [4.78, 5) is 14.3. The topological polar surface area (TPSA) is 41.6 Å². The first kappa shape index (κ1) is 16.7. The molecule has 2 saturated heterocycles. The molecule has 126 valence electrons. The van der Waals surface area contributed by atoms with E-state index in [1.165, 1.54) is 6.07 Å². The Morgan fingerprint density at radius 2 is 2.30 bits per heavy atom. The SMILES string of the molecule is CN1CCC(CNC(=O)C2CCCO2)C1c1ccc(Cl)c(F)c1. The van der Waals surface area contributed by atoms with Crippen LogP contribution in [-0.2, 0) is 9.53 Å². The first-order chi connectivity index (χ1) is 11.1. The second kappa shape index (κ2) is 7.16. The lowest BCUT2D eigenvalue weighted by atomic mass is 9.93. The van der Waals surface area contributed by atoms with E-state index in [1.807, 2.05) is 13.1 Å². The minimum Gasteiger partial charge on any atom is -0.368 e. The molecule has 1 aromatic rings. The van der Waals surface area contributed by atoms with Crippen LogP contribution in [0.25, 0.3) is 0 Å². The molecule has 0 aromatic heterocycles. The molecule has 4 nitrogen and oxygen atoms in total. The van der Waals surface area contributed by atoms with Crippen molar-refractivity contribution in [1.82, 2.24) is 10.2 Å². The maximum atomic E-state index is 13.8. The van der Waals surface area contributed by atoms with E-state index >= 15 is 0 Å². The van der Waals surface area contributed by atoms with Gasteiger partial charge in [-0.3, -0.25) is 9.69 Å². The second-order valence-electron chi connectivity index (χ2n) is 6.39. The summed E-state index contributed by atoms with van der Waals surface area (Å²) in [6.45, 7) is 2.17. The average molecular weight is 341 g/mol. The molecule has 0 bridgehead atoms. The monoisotopic (exact) mass is 340 g/mol. The van der Waals surface area contributed by atoms with Crippen LogP contribution in [0.15, 0.2) is 18.2 Å². The van der Waals surface area contributed by atoms with E-state index in [1.54, 1.807) is 6.07 Å². The highest BCUT2D eigenvalue weighted by molar-refractivity contribution is 6.30. The summed E-state index contributed by atoms with van der Waals surface area (Å²) < 4.78 is 19.2. The number of benzene rings is 1. The van der Waals surface area contributed by atoms with Crippen LogP contribution in [0, 0.1) is 11.7 Å². The van der Waals surface area contributed by atoms with Gasteiger partial charge in [0.2, 0.25) is 5.91 Å². The van der Waals surface area contributed by atoms with Gasteiger partial charge in [0.05, 0.1) is 5.02 Å². The van der Waals surface area contributed by atoms with Gasteiger partial charge in [0, 0.05) is 19.2 Å². The highest BCUT2D eigenvalue weighted by Gasteiger charge is 2.34. The van der Waals surface area contributed by atoms with Crippen molar-refractivity contribution in [3.8, 4) is 0 Å². The highest BCUT2D eigenvalue weighted by Crippen LogP contribution is 2.36. The van der Waals surface area contributed by atoms with Crippen LogP contribution in [0.2, 0.25) is 5.02 Å². The lowest BCUT2D eigenvalue weighted by Crippen LogP contribution is -2.38. The largest absolute Gasteiger partial charge is 0.368 e. The third-order valence-electron chi connectivity index (χ3n) is 4.82. The smallest absolute Gasteiger partial charge is 0.249 e. The molecule has 1 amide bonds. The van der Waals surface area contributed by atoms with Crippen molar-refractivity contribution in [3.05, 3.63) is 34.6 Å². The van der Waals surface area contributed by atoms with Gasteiger partial charge in [-0.15, -0.1) is 0 Å². The molecule has 2 aliphatic rings. The average Bonchev–Trinajstić information content (AvgIpc) is 3.18. The molecule has 3 unspecified atom stereocenters. The summed E-state index contributed by atoms with van der Waals surface area (Å²) in [6.07, 6.45) is 2.40. The number of halogens is 2. The molecule has 2 heterocycles. The van der Waals surface area contributed by atoms with Crippen LogP contribution in [0.4, 0.5) is 4.39 Å². The lowest BCUT2D eigenvalue weighted by molar-refractivity contribution is -0.130. The summed E-state index contributed by atoms with van der Waals surface area (Å²) >= 11 is 5.78. The van der Waals surface area contributed by atoms with Gasteiger partial charge < -0.3 is 10.1 Å². The number of nitrogens with one attached hydrogen (secondary N) is 1. The molecule has 0 radical (unpaired) electrons. The van der Waals surface area contributed by atoms with Gasteiger partial charge in [-0.05, 0) is 56.5 Å². The van der Waals surface area contributed by atoms with Crippen molar-refractivity contribution < 1.29 is 13.9 Å². The Morgan fingerprint density at radius 1 is 1.48 bits per heavy atom. The molecule has 23 heavy (non-hydrogen) atoms. The van der Waals surface area contributed by atoms with Crippen LogP contribution in [0.3, 0.4) is 0 Å². The fourth-order valence-corrected chi connectivity index (χ4v) is 3.71. The minimum atomic E-state index is -0.397. The van der Waals surface area contributed by atoms with E-state index in [0.717, 1.165) is 31.4 Å². The van der Waals surface area contributed by atoms with E-state index in [4.69, 9.17) is 16.3 Å². The molecule has 0 spiro atoms. The molecule has 1 aromatic carbocycles. The van der Waals surface area contributed by atoms with Crippen molar-refractivity contribution in [2.24, 2.45) is 5.92 Å². The van der Waals surface area contributed by atoms with E-state index in [0.29, 0.717) is 13.2 Å². The Balaban J connectivity index is 1.65. The zero-order chi connectivity index (χ0) is 16.4. The van der Waals surface area contributed by atoms with Gasteiger partial charge in [0.25, 0.3) is 0 Å². The van der Waals surface area contributed by atoms with Crippen LogP contribution >= 0.6 is 11.6 Å². The van der Waals surface area contributed by atoms with Crippen LogP contribution in [0.5, 0.6) is 0 Å². The standard InChI is InChI=1S/C17H22ClFN2O2/c1-21-7-6-12(10-20-17(22)15-3-2-8-23-15)16(21)11-4-5-13(18)14(19)9-11/h4-5,9,12,15-16H,2-3,6-8,10H2,1H3,(H,20,22). The summed E-state index contributed by atoms with van der Waals surface area (Å²) in [5.74, 6) is -0.171. The summed E-state index contributed by atoms with van der Waals surface area (Å²) in [5.41, 5.74) is 0.906. The molecule has 2 fully saturated rings. The summed E-state index contributed by atoms with van der Waals surface area (Å²) in [5, 5.41) is 3.14. The first-order valence-corrected chi connectivity index (χ1v) is 8.48. The van der Waals surface area contributed by atoms with E-state index in [9.17, 15) is 9.18 Å². The highest BCUT2D eigenvalue weighted by atomic mass is 35.5. The number of carbonyl (C=O) groups excluding carboxylic acids is 1. The zero-order valence-corrected chi connectivity index (χ0v) is 14.0. The molecule has 0 saturated carbocycles. The number of ether oxygens (including phenoxy) is 1. The molecule has 6 heteroatoms. The van der Waals surface area contributed by atoms with E-state index in [-0.39, 0.29) is 29.0 Å². The van der Waals surface area contributed by atoms with Crippen molar-refractivity contribution in [3.63, 3.8) is 0 Å². The van der Waals surface area contributed by atoms with Crippen LogP contribution in [0.1, 0.15) is 30.9 Å². The lowest BCUT2D eigenvalue weighted by Gasteiger charge is -2.26. The Kier molecular flexibility index (Phi) is 5.19. The number of hydrogen-bond donors (Lipinski definition) is 1. The maximum absolute atomic E-state index is 13.8. The fourth-order valence-electron chi connectivity index (χ4n) is 3.59. The normalized spacial score (nSPS) is 28.2. The van der Waals surface area contributed by atoms with Crippen molar-refractivity contribution in [2.45, 2.75) is 31.4 Å². The fraction of sp³-hybridized carbons (Fsp3) is 0.588. The van der Waals surface area contributed by atoms with Gasteiger partial charge in [-0.25, -0.2) is 4.39 Å². The van der Waals surface area contributed by atoms with E-state index < -0.39 is 5.82 Å².